The van der Waals surface area contributed by atoms with Crippen LogP contribution in [0, 0.1) is 11.3 Å². The van der Waals surface area contributed by atoms with E-state index in [0.29, 0.717) is 13.1 Å². The molecule has 1 aliphatic rings. The summed E-state index contributed by atoms with van der Waals surface area (Å²) < 4.78 is 31.8. The summed E-state index contributed by atoms with van der Waals surface area (Å²) >= 11 is 0. The summed E-state index contributed by atoms with van der Waals surface area (Å²) in [4.78, 5) is 12.0. The Labute approximate surface area is 136 Å². The van der Waals surface area contributed by atoms with Crippen LogP contribution in [0.2, 0.25) is 0 Å². The van der Waals surface area contributed by atoms with E-state index < -0.39 is 22.1 Å². The van der Waals surface area contributed by atoms with Crippen molar-refractivity contribution >= 4 is 16.0 Å². The summed E-state index contributed by atoms with van der Waals surface area (Å²) in [5.41, 5.74) is 0.128. The second kappa shape index (κ2) is 7.57. The van der Waals surface area contributed by atoms with Crippen LogP contribution in [0.3, 0.4) is 0 Å². The van der Waals surface area contributed by atoms with Gasteiger partial charge in [-0.15, -0.1) is 0 Å². The normalized spacial score (nSPS) is 17.7. The third-order valence-electron chi connectivity index (χ3n) is 3.74. The molecule has 6 nitrogen and oxygen atoms in total. The zero-order valence-corrected chi connectivity index (χ0v) is 13.9. The monoisotopic (exact) mass is 336 g/mol. The van der Waals surface area contributed by atoms with Gasteiger partial charge < -0.3 is 4.74 Å². The van der Waals surface area contributed by atoms with Crippen LogP contribution in [-0.2, 0) is 14.8 Å². The number of carbonyl (C=O) groups is 1. The van der Waals surface area contributed by atoms with Gasteiger partial charge in [0, 0.05) is 13.1 Å². The largest absolute Gasteiger partial charge is 0.444 e. The first-order valence-electron chi connectivity index (χ1n) is 7.66. The molecule has 1 fully saturated rings. The molecule has 0 aromatic heterocycles. The second-order valence-corrected chi connectivity index (χ2v) is 7.46. The Balaban J connectivity index is 2.24. The lowest BCUT2D eigenvalue weighted by atomic mass is 10.2. The lowest BCUT2D eigenvalue weighted by Crippen LogP contribution is -2.32. The van der Waals surface area contributed by atoms with Crippen LogP contribution in [-0.4, -0.2) is 37.9 Å². The first-order valence-corrected chi connectivity index (χ1v) is 9.10. The highest BCUT2D eigenvalue weighted by molar-refractivity contribution is 7.89. The van der Waals surface area contributed by atoms with Gasteiger partial charge in [-0.2, -0.15) is 9.57 Å². The van der Waals surface area contributed by atoms with Crippen molar-refractivity contribution < 1.29 is 17.9 Å². The first kappa shape index (κ1) is 17.4. The number of carbonyl (C=O) groups excluding carboxylic acids is 1. The topological polar surface area (TPSA) is 87.5 Å². The van der Waals surface area contributed by atoms with E-state index in [1.54, 1.807) is 6.07 Å². The van der Waals surface area contributed by atoms with E-state index in [9.17, 15) is 13.2 Å². The smallest absolute Gasteiger partial charge is 0.339 e. The van der Waals surface area contributed by atoms with Gasteiger partial charge in [0.2, 0.25) is 10.0 Å². The van der Waals surface area contributed by atoms with Crippen LogP contribution in [0.4, 0.5) is 0 Å². The summed E-state index contributed by atoms with van der Waals surface area (Å²) in [6, 6.07) is 7.58. The lowest BCUT2D eigenvalue weighted by Gasteiger charge is -2.20. The zero-order chi connectivity index (χ0) is 16.9. The lowest BCUT2D eigenvalue weighted by molar-refractivity contribution is 0.0435. The average molecular weight is 336 g/mol. The molecule has 0 radical (unpaired) electrons. The molecule has 0 spiro atoms. The number of rotatable bonds is 4. The van der Waals surface area contributed by atoms with Crippen LogP contribution in [0.1, 0.15) is 43.0 Å². The minimum absolute atomic E-state index is 0.0819. The second-order valence-electron chi connectivity index (χ2n) is 5.52. The van der Waals surface area contributed by atoms with Crippen LogP contribution in [0.5, 0.6) is 0 Å². The molecule has 2 rings (SSSR count). The van der Waals surface area contributed by atoms with Gasteiger partial charge in [0.1, 0.15) is 6.07 Å². The predicted molar refractivity (Wildman–Crippen MR) is 84.2 cm³/mol. The van der Waals surface area contributed by atoms with Gasteiger partial charge in [0.15, 0.2) is 6.10 Å². The number of hydrogen-bond donors (Lipinski definition) is 0. The maximum Gasteiger partial charge on any atom is 0.339 e. The molecule has 124 valence electrons. The minimum atomic E-state index is -3.61. The SMILES string of the molecule is C[C@@H](C#N)OC(=O)c1cccc(S(=O)(=O)N2CCCCCC2)c1. The fourth-order valence-corrected chi connectivity index (χ4v) is 4.03. The molecule has 0 unspecified atom stereocenters. The molecule has 23 heavy (non-hydrogen) atoms. The summed E-state index contributed by atoms with van der Waals surface area (Å²) in [5, 5.41) is 8.68. The molecule has 1 saturated heterocycles. The van der Waals surface area contributed by atoms with Gasteiger partial charge >= 0.3 is 5.97 Å². The minimum Gasteiger partial charge on any atom is -0.444 e. The van der Waals surface area contributed by atoms with Crippen LogP contribution < -0.4 is 0 Å². The van der Waals surface area contributed by atoms with Crippen molar-refractivity contribution in [2.45, 2.75) is 43.6 Å². The Kier molecular flexibility index (Phi) is 5.74. The number of ether oxygens (including phenoxy) is 1. The van der Waals surface area contributed by atoms with Gasteiger partial charge in [-0.05, 0) is 38.0 Å². The molecule has 0 bridgehead atoms. The van der Waals surface area contributed by atoms with Crippen molar-refractivity contribution in [3.8, 4) is 6.07 Å². The maximum atomic E-state index is 12.7. The maximum absolute atomic E-state index is 12.7. The van der Waals surface area contributed by atoms with E-state index in [1.165, 1.54) is 35.5 Å². The third-order valence-corrected chi connectivity index (χ3v) is 5.63. The number of hydrogen-bond acceptors (Lipinski definition) is 5. The molecule has 1 aromatic carbocycles. The van der Waals surface area contributed by atoms with Crippen molar-refractivity contribution in [3.63, 3.8) is 0 Å². The highest BCUT2D eigenvalue weighted by Gasteiger charge is 2.26. The molecule has 0 amide bonds. The van der Waals surface area contributed by atoms with Crippen LogP contribution >= 0.6 is 0 Å². The fourth-order valence-electron chi connectivity index (χ4n) is 2.47. The summed E-state index contributed by atoms with van der Waals surface area (Å²) in [6.07, 6.45) is 2.88. The molecule has 0 N–H and O–H groups in total. The highest BCUT2D eigenvalue weighted by atomic mass is 32.2. The van der Waals surface area contributed by atoms with Gasteiger partial charge in [0.05, 0.1) is 10.5 Å². The van der Waals surface area contributed by atoms with Gasteiger partial charge in [-0.3, -0.25) is 0 Å². The van der Waals surface area contributed by atoms with Gasteiger partial charge in [0.25, 0.3) is 0 Å². The predicted octanol–water partition coefficient (Wildman–Crippen LogP) is 2.32. The zero-order valence-electron chi connectivity index (χ0n) is 13.1. The van der Waals surface area contributed by atoms with Crippen LogP contribution in [0.25, 0.3) is 0 Å². The Bertz CT molecular complexity index is 701. The fraction of sp³-hybridized carbons (Fsp3) is 0.500. The Morgan fingerprint density at radius 1 is 1.26 bits per heavy atom. The summed E-state index contributed by atoms with van der Waals surface area (Å²) in [5.74, 6) is -0.702. The van der Waals surface area contributed by atoms with Gasteiger partial charge in [-0.25, -0.2) is 13.2 Å². The van der Waals surface area contributed by atoms with E-state index in [-0.39, 0.29) is 10.5 Å². The molecule has 1 aromatic rings. The third kappa shape index (κ3) is 4.30. The summed E-state index contributed by atoms with van der Waals surface area (Å²) in [7, 11) is -3.61. The van der Waals surface area contributed by atoms with E-state index in [4.69, 9.17) is 10.00 Å². The molecule has 1 aliphatic heterocycles. The molecule has 1 heterocycles. The van der Waals surface area contributed by atoms with Crippen molar-refractivity contribution in [2.75, 3.05) is 13.1 Å². The number of sulfonamides is 1. The Morgan fingerprint density at radius 2 is 1.91 bits per heavy atom. The number of esters is 1. The standard InChI is InChI=1S/C16H20N2O4S/c1-13(12-17)22-16(19)14-7-6-8-15(11-14)23(20,21)18-9-4-2-3-5-10-18/h6-8,11,13H,2-5,9-10H2,1H3/t13-/m0/s1. The van der Waals surface area contributed by atoms with E-state index in [0.717, 1.165) is 25.7 Å². The average Bonchev–Trinajstić information content (AvgIpc) is 2.84. The molecule has 1 atom stereocenters. The number of nitriles is 1. The quantitative estimate of drug-likeness (QED) is 0.787. The number of nitrogens with zero attached hydrogens (tertiary/aromatic N) is 2. The van der Waals surface area contributed by atoms with Gasteiger partial charge in [-0.1, -0.05) is 18.9 Å². The Hall–Kier alpha value is -1.91. The molecular weight excluding hydrogens is 316 g/mol. The van der Waals surface area contributed by atoms with Crippen molar-refractivity contribution in [1.82, 2.24) is 4.31 Å². The van der Waals surface area contributed by atoms with Crippen LogP contribution in [0.15, 0.2) is 29.2 Å². The summed E-state index contributed by atoms with van der Waals surface area (Å²) in [6.45, 7) is 2.46. The van der Waals surface area contributed by atoms with Crippen molar-refractivity contribution in [3.05, 3.63) is 29.8 Å². The first-order chi connectivity index (χ1) is 10.9. The molecule has 0 saturated carbocycles. The van der Waals surface area contributed by atoms with E-state index in [2.05, 4.69) is 0 Å². The Morgan fingerprint density at radius 3 is 2.52 bits per heavy atom. The number of benzene rings is 1. The van der Waals surface area contributed by atoms with E-state index in [1.807, 2.05) is 0 Å². The molecular formula is C16H20N2O4S. The van der Waals surface area contributed by atoms with Crippen molar-refractivity contribution in [1.29, 1.82) is 5.26 Å². The van der Waals surface area contributed by atoms with E-state index >= 15 is 0 Å². The molecule has 0 aliphatic carbocycles. The highest BCUT2D eigenvalue weighted by Crippen LogP contribution is 2.21. The molecule has 7 heteroatoms. The van der Waals surface area contributed by atoms with Crippen molar-refractivity contribution in [2.24, 2.45) is 0 Å².